The topological polar surface area (TPSA) is 68.0 Å². The normalized spacial score (nSPS) is 10.7. The molecule has 0 saturated heterocycles. The largest absolute Gasteiger partial charge is 0.383 e. The number of fused-ring (bicyclic) bond motifs is 1. The Bertz CT molecular complexity index is 595. The molecule has 0 aliphatic carbocycles. The summed E-state index contributed by atoms with van der Waals surface area (Å²) in [5.74, 6) is 0.248. The Balaban J connectivity index is 2.03. The van der Waals surface area contributed by atoms with Gasteiger partial charge in [0.15, 0.2) is 0 Å². The summed E-state index contributed by atoms with van der Waals surface area (Å²) in [5.41, 5.74) is 6.28. The lowest BCUT2D eigenvalue weighted by Crippen LogP contribution is -2.25. The maximum atomic E-state index is 12.0. The van der Waals surface area contributed by atoms with Gasteiger partial charge in [-0.15, -0.1) is 0 Å². The summed E-state index contributed by atoms with van der Waals surface area (Å²) >= 11 is 0. The van der Waals surface area contributed by atoms with E-state index in [0.717, 1.165) is 23.6 Å². The summed E-state index contributed by atoms with van der Waals surface area (Å²) in [6.07, 6.45) is 4.54. The number of carbonyl (C=O) groups is 1. The van der Waals surface area contributed by atoms with Crippen molar-refractivity contribution >= 4 is 22.5 Å². The van der Waals surface area contributed by atoms with E-state index in [1.807, 2.05) is 24.3 Å². The van der Waals surface area contributed by atoms with Crippen LogP contribution in [0.25, 0.3) is 10.8 Å². The maximum absolute atomic E-state index is 12.0. The van der Waals surface area contributed by atoms with E-state index in [4.69, 9.17) is 5.73 Å². The molecule has 0 unspecified atom stereocenters. The van der Waals surface area contributed by atoms with Crippen molar-refractivity contribution in [2.24, 2.45) is 0 Å². The standard InChI is InChI=1S/C16H21N3O/c1-2-3-4-7-10-18-16(20)14-11-12-8-5-6-9-13(12)15(17)19-14/h5-6,8-9,11H,2-4,7,10H2,1H3,(H2,17,19)(H,18,20). The summed E-state index contributed by atoms with van der Waals surface area (Å²) in [6.45, 7) is 2.85. The second-order valence-corrected chi connectivity index (χ2v) is 4.93. The Labute approximate surface area is 119 Å². The van der Waals surface area contributed by atoms with Gasteiger partial charge in [0.05, 0.1) is 0 Å². The average molecular weight is 271 g/mol. The van der Waals surface area contributed by atoms with Crippen molar-refractivity contribution in [2.75, 3.05) is 12.3 Å². The zero-order chi connectivity index (χ0) is 14.4. The van der Waals surface area contributed by atoms with Crippen LogP contribution >= 0.6 is 0 Å². The lowest BCUT2D eigenvalue weighted by Gasteiger charge is -2.07. The maximum Gasteiger partial charge on any atom is 0.269 e. The molecule has 0 aliphatic rings. The number of amides is 1. The van der Waals surface area contributed by atoms with Gasteiger partial charge in [-0.2, -0.15) is 0 Å². The minimum atomic E-state index is -0.154. The number of nitrogens with two attached hydrogens (primary N) is 1. The molecule has 1 aromatic heterocycles. The smallest absolute Gasteiger partial charge is 0.269 e. The molecule has 2 rings (SSSR count). The van der Waals surface area contributed by atoms with E-state index >= 15 is 0 Å². The molecule has 20 heavy (non-hydrogen) atoms. The molecule has 4 heteroatoms. The van der Waals surface area contributed by atoms with Gasteiger partial charge in [0.25, 0.3) is 5.91 Å². The van der Waals surface area contributed by atoms with Crippen molar-refractivity contribution in [2.45, 2.75) is 32.6 Å². The van der Waals surface area contributed by atoms with E-state index in [1.165, 1.54) is 12.8 Å². The average Bonchev–Trinajstić information content (AvgIpc) is 2.47. The van der Waals surface area contributed by atoms with E-state index in [0.29, 0.717) is 18.1 Å². The number of carbonyl (C=O) groups excluding carboxylic acids is 1. The van der Waals surface area contributed by atoms with E-state index in [-0.39, 0.29) is 5.91 Å². The van der Waals surface area contributed by atoms with E-state index in [1.54, 1.807) is 6.07 Å². The molecule has 0 atom stereocenters. The predicted octanol–water partition coefficient (Wildman–Crippen LogP) is 3.13. The molecule has 0 spiro atoms. The first-order valence-electron chi connectivity index (χ1n) is 7.16. The monoisotopic (exact) mass is 271 g/mol. The molecule has 0 saturated carbocycles. The molecular weight excluding hydrogens is 250 g/mol. The van der Waals surface area contributed by atoms with Gasteiger partial charge in [-0.25, -0.2) is 4.98 Å². The lowest BCUT2D eigenvalue weighted by atomic mass is 10.1. The van der Waals surface area contributed by atoms with Crippen LogP contribution in [0.4, 0.5) is 5.82 Å². The molecule has 2 aromatic rings. The highest BCUT2D eigenvalue weighted by molar-refractivity contribution is 5.99. The zero-order valence-corrected chi connectivity index (χ0v) is 11.9. The third-order valence-electron chi connectivity index (χ3n) is 3.32. The van der Waals surface area contributed by atoms with Gasteiger partial charge < -0.3 is 11.1 Å². The molecule has 1 amide bonds. The predicted molar refractivity (Wildman–Crippen MR) is 82.6 cm³/mol. The summed E-state index contributed by atoms with van der Waals surface area (Å²) in [7, 11) is 0. The molecule has 106 valence electrons. The summed E-state index contributed by atoms with van der Waals surface area (Å²) in [5, 5.41) is 4.72. The third kappa shape index (κ3) is 3.47. The third-order valence-corrected chi connectivity index (χ3v) is 3.32. The van der Waals surface area contributed by atoms with Gasteiger partial charge >= 0.3 is 0 Å². The summed E-state index contributed by atoms with van der Waals surface area (Å²) in [4.78, 5) is 16.2. The van der Waals surface area contributed by atoms with Crippen molar-refractivity contribution in [3.63, 3.8) is 0 Å². The summed E-state index contributed by atoms with van der Waals surface area (Å²) < 4.78 is 0. The van der Waals surface area contributed by atoms with Gasteiger partial charge in [0, 0.05) is 11.9 Å². The fourth-order valence-corrected chi connectivity index (χ4v) is 2.19. The number of rotatable bonds is 6. The number of nitrogens with one attached hydrogen (secondary N) is 1. The molecule has 3 N–H and O–H groups in total. The van der Waals surface area contributed by atoms with Gasteiger partial charge in [-0.05, 0) is 17.9 Å². The van der Waals surface area contributed by atoms with Crippen LogP contribution in [0.15, 0.2) is 30.3 Å². The number of unbranched alkanes of at least 4 members (excludes halogenated alkanes) is 3. The molecule has 1 aromatic carbocycles. The first-order chi connectivity index (χ1) is 9.72. The lowest BCUT2D eigenvalue weighted by molar-refractivity contribution is 0.0948. The molecule has 0 radical (unpaired) electrons. The second-order valence-electron chi connectivity index (χ2n) is 4.93. The van der Waals surface area contributed by atoms with Crippen LogP contribution in [0, 0.1) is 0 Å². The minimum absolute atomic E-state index is 0.154. The Morgan fingerprint density at radius 2 is 2.05 bits per heavy atom. The van der Waals surface area contributed by atoms with Crippen LogP contribution in [-0.4, -0.2) is 17.4 Å². The molecule has 0 aliphatic heterocycles. The van der Waals surface area contributed by atoms with E-state index < -0.39 is 0 Å². The summed E-state index contributed by atoms with van der Waals surface area (Å²) in [6, 6.07) is 9.46. The number of anilines is 1. The molecule has 4 nitrogen and oxygen atoms in total. The molecule has 0 bridgehead atoms. The van der Waals surface area contributed by atoms with Crippen LogP contribution in [0.1, 0.15) is 43.1 Å². The highest BCUT2D eigenvalue weighted by Gasteiger charge is 2.09. The second kappa shape index (κ2) is 6.89. The van der Waals surface area contributed by atoms with Crippen molar-refractivity contribution in [3.05, 3.63) is 36.0 Å². The van der Waals surface area contributed by atoms with Crippen LogP contribution in [0.3, 0.4) is 0 Å². The number of benzene rings is 1. The quantitative estimate of drug-likeness (QED) is 0.793. The first kappa shape index (κ1) is 14.3. The number of nitrogen functional groups attached to an aromatic ring is 1. The number of pyridine rings is 1. The highest BCUT2D eigenvalue weighted by Crippen LogP contribution is 2.19. The van der Waals surface area contributed by atoms with Crippen LogP contribution in [0.5, 0.6) is 0 Å². The van der Waals surface area contributed by atoms with Crippen LogP contribution < -0.4 is 11.1 Å². The van der Waals surface area contributed by atoms with E-state index in [9.17, 15) is 4.79 Å². The number of hydrogen-bond acceptors (Lipinski definition) is 3. The number of nitrogens with zero attached hydrogens (tertiary/aromatic N) is 1. The van der Waals surface area contributed by atoms with Crippen molar-refractivity contribution in [3.8, 4) is 0 Å². The Hall–Kier alpha value is -2.10. The SMILES string of the molecule is CCCCCCNC(=O)c1cc2ccccc2c(N)n1. The van der Waals surface area contributed by atoms with Gasteiger partial charge in [0.1, 0.15) is 11.5 Å². The molecular formula is C16H21N3O. The van der Waals surface area contributed by atoms with E-state index in [2.05, 4.69) is 17.2 Å². The number of aromatic nitrogens is 1. The molecule has 1 heterocycles. The van der Waals surface area contributed by atoms with Crippen LogP contribution in [-0.2, 0) is 0 Å². The molecule has 0 fully saturated rings. The zero-order valence-electron chi connectivity index (χ0n) is 11.9. The van der Waals surface area contributed by atoms with Crippen molar-refractivity contribution in [1.82, 2.24) is 10.3 Å². The number of hydrogen-bond donors (Lipinski definition) is 2. The van der Waals surface area contributed by atoms with Crippen LogP contribution in [0.2, 0.25) is 0 Å². The Morgan fingerprint density at radius 1 is 1.25 bits per heavy atom. The Morgan fingerprint density at radius 3 is 2.85 bits per heavy atom. The fourth-order valence-electron chi connectivity index (χ4n) is 2.19. The van der Waals surface area contributed by atoms with Gasteiger partial charge in [-0.1, -0.05) is 50.5 Å². The minimum Gasteiger partial charge on any atom is -0.383 e. The highest BCUT2D eigenvalue weighted by atomic mass is 16.1. The first-order valence-corrected chi connectivity index (χ1v) is 7.16. The Kier molecular flexibility index (Phi) is 4.93. The van der Waals surface area contributed by atoms with Gasteiger partial charge in [-0.3, -0.25) is 4.79 Å². The van der Waals surface area contributed by atoms with Gasteiger partial charge in [0.2, 0.25) is 0 Å². The fraction of sp³-hybridized carbons (Fsp3) is 0.375. The van der Waals surface area contributed by atoms with Crippen molar-refractivity contribution < 1.29 is 4.79 Å². The van der Waals surface area contributed by atoms with Crippen molar-refractivity contribution in [1.29, 1.82) is 0 Å².